The molecule has 2 rings (SSSR count). The van der Waals surface area contributed by atoms with Gasteiger partial charge in [0.15, 0.2) is 0 Å². The molecule has 140 valence electrons. The highest BCUT2D eigenvalue weighted by Gasteiger charge is 2.14. The van der Waals surface area contributed by atoms with Crippen molar-refractivity contribution in [3.63, 3.8) is 0 Å². The maximum absolute atomic E-state index is 9.11. The standard InChI is InChI=1S/C17H24ClN7O/c1-3-7-25(8-9-26)24-23-14-10-11(5-6-12(14)18)15-13(4-2)21-17(20)22-16(15)19/h5-6,10,26H,3-4,7-9H2,1-2H3,(H4,19,20,21,22)/b24-23+. The molecule has 0 fully saturated rings. The number of aromatic nitrogens is 2. The van der Waals surface area contributed by atoms with E-state index in [1.807, 2.05) is 19.9 Å². The number of aliphatic hydroxyl groups excluding tert-OH is 1. The van der Waals surface area contributed by atoms with Gasteiger partial charge in [0.25, 0.3) is 0 Å². The third-order valence-electron chi connectivity index (χ3n) is 3.72. The van der Waals surface area contributed by atoms with E-state index in [-0.39, 0.29) is 12.6 Å². The van der Waals surface area contributed by atoms with Crippen LogP contribution in [0.5, 0.6) is 0 Å². The van der Waals surface area contributed by atoms with Crippen LogP contribution in [-0.2, 0) is 6.42 Å². The minimum Gasteiger partial charge on any atom is -0.394 e. The van der Waals surface area contributed by atoms with E-state index in [9.17, 15) is 0 Å². The summed E-state index contributed by atoms with van der Waals surface area (Å²) in [6, 6.07) is 5.36. The van der Waals surface area contributed by atoms with Crippen molar-refractivity contribution >= 4 is 29.1 Å². The van der Waals surface area contributed by atoms with Crippen molar-refractivity contribution in [2.75, 3.05) is 31.2 Å². The molecule has 0 aliphatic heterocycles. The predicted octanol–water partition coefficient (Wildman–Crippen LogP) is 3.23. The average molecular weight is 378 g/mol. The van der Waals surface area contributed by atoms with Crippen LogP contribution in [0, 0.1) is 0 Å². The van der Waals surface area contributed by atoms with Crippen molar-refractivity contribution in [1.29, 1.82) is 0 Å². The lowest BCUT2D eigenvalue weighted by molar-refractivity contribution is 0.193. The van der Waals surface area contributed by atoms with Crippen LogP contribution >= 0.6 is 11.6 Å². The zero-order chi connectivity index (χ0) is 19.1. The van der Waals surface area contributed by atoms with E-state index < -0.39 is 0 Å². The van der Waals surface area contributed by atoms with E-state index >= 15 is 0 Å². The quantitative estimate of drug-likeness (QED) is 0.479. The number of benzene rings is 1. The number of aliphatic hydroxyl groups is 1. The Hall–Kier alpha value is -2.45. The van der Waals surface area contributed by atoms with Crippen LogP contribution in [0.1, 0.15) is 26.0 Å². The largest absolute Gasteiger partial charge is 0.394 e. The Labute approximate surface area is 157 Å². The molecule has 0 radical (unpaired) electrons. The molecule has 26 heavy (non-hydrogen) atoms. The third-order valence-corrected chi connectivity index (χ3v) is 4.04. The molecule has 1 aromatic carbocycles. The second-order valence-corrected chi connectivity index (χ2v) is 6.08. The van der Waals surface area contributed by atoms with E-state index in [4.69, 9.17) is 28.2 Å². The maximum atomic E-state index is 9.11. The Morgan fingerprint density at radius 2 is 1.96 bits per heavy atom. The fraction of sp³-hybridized carbons (Fsp3) is 0.412. The molecular weight excluding hydrogens is 354 g/mol. The van der Waals surface area contributed by atoms with Gasteiger partial charge < -0.3 is 16.6 Å². The fourth-order valence-electron chi connectivity index (χ4n) is 2.55. The van der Waals surface area contributed by atoms with Gasteiger partial charge in [0.2, 0.25) is 5.95 Å². The van der Waals surface area contributed by atoms with Crippen LogP contribution in [0.2, 0.25) is 5.02 Å². The number of nitrogens with zero attached hydrogens (tertiary/aromatic N) is 5. The summed E-state index contributed by atoms with van der Waals surface area (Å²) in [6.45, 7) is 5.11. The number of nitrogens with two attached hydrogens (primary N) is 2. The van der Waals surface area contributed by atoms with E-state index in [0.29, 0.717) is 36.0 Å². The zero-order valence-corrected chi connectivity index (χ0v) is 15.7. The second-order valence-electron chi connectivity index (χ2n) is 5.68. The molecule has 5 N–H and O–H groups in total. The van der Waals surface area contributed by atoms with Crippen molar-refractivity contribution in [2.45, 2.75) is 26.7 Å². The Morgan fingerprint density at radius 1 is 1.19 bits per heavy atom. The Bertz CT molecular complexity index is 776. The molecule has 0 unspecified atom stereocenters. The summed E-state index contributed by atoms with van der Waals surface area (Å²) in [4.78, 5) is 8.32. The van der Waals surface area contributed by atoms with Crippen molar-refractivity contribution in [1.82, 2.24) is 15.0 Å². The number of aryl methyl sites for hydroxylation is 1. The van der Waals surface area contributed by atoms with Crippen LogP contribution < -0.4 is 11.5 Å². The summed E-state index contributed by atoms with van der Waals surface area (Å²) < 4.78 is 0. The van der Waals surface area contributed by atoms with Crippen molar-refractivity contribution in [2.24, 2.45) is 10.3 Å². The summed E-state index contributed by atoms with van der Waals surface area (Å²) in [5, 5.41) is 19.7. The predicted molar refractivity (Wildman–Crippen MR) is 104 cm³/mol. The summed E-state index contributed by atoms with van der Waals surface area (Å²) in [5.74, 6) is 0.462. The highest BCUT2D eigenvalue weighted by atomic mass is 35.5. The number of halogens is 1. The molecule has 1 aromatic heterocycles. The number of hydrogen-bond donors (Lipinski definition) is 3. The van der Waals surface area contributed by atoms with Gasteiger partial charge in [-0.2, -0.15) is 4.98 Å². The molecule has 0 spiro atoms. The summed E-state index contributed by atoms with van der Waals surface area (Å²) in [7, 11) is 0. The Morgan fingerprint density at radius 3 is 2.62 bits per heavy atom. The first-order valence-electron chi connectivity index (χ1n) is 8.49. The molecular formula is C17H24ClN7O. The number of rotatable bonds is 8. The average Bonchev–Trinajstić information content (AvgIpc) is 2.61. The van der Waals surface area contributed by atoms with E-state index in [1.165, 1.54) is 0 Å². The zero-order valence-electron chi connectivity index (χ0n) is 15.0. The smallest absolute Gasteiger partial charge is 0.222 e. The lowest BCUT2D eigenvalue weighted by Crippen LogP contribution is -2.21. The highest BCUT2D eigenvalue weighted by Crippen LogP contribution is 2.35. The molecule has 0 aliphatic rings. The minimum absolute atomic E-state index is 0.00591. The van der Waals surface area contributed by atoms with Crippen LogP contribution in [0.25, 0.3) is 11.1 Å². The number of anilines is 2. The molecule has 2 aromatic rings. The van der Waals surface area contributed by atoms with Gasteiger partial charge in [-0.15, -0.1) is 5.11 Å². The Balaban J connectivity index is 2.42. The van der Waals surface area contributed by atoms with Gasteiger partial charge in [0.1, 0.15) is 11.5 Å². The summed E-state index contributed by atoms with van der Waals surface area (Å²) in [6.07, 6.45) is 1.55. The first-order valence-corrected chi connectivity index (χ1v) is 8.87. The first-order chi connectivity index (χ1) is 12.5. The molecule has 0 saturated carbocycles. The lowest BCUT2D eigenvalue weighted by Gasteiger charge is -2.15. The van der Waals surface area contributed by atoms with Gasteiger partial charge >= 0.3 is 0 Å². The van der Waals surface area contributed by atoms with E-state index in [2.05, 4.69) is 20.3 Å². The molecule has 1 heterocycles. The van der Waals surface area contributed by atoms with Crippen LogP contribution in [0.3, 0.4) is 0 Å². The molecule has 0 amide bonds. The van der Waals surface area contributed by atoms with Crippen LogP contribution in [0.15, 0.2) is 28.5 Å². The van der Waals surface area contributed by atoms with E-state index in [1.54, 1.807) is 17.1 Å². The second kappa shape index (κ2) is 9.30. The van der Waals surface area contributed by atoms with Crippen molar-refractivity contribution < 1.29 is 5.11 Å². The molecule has 8 nitrogen and oxygen atoms in total. The molecule has 0 saturated heterocycles. The SMILES string of the molecule is CCCN(CCO)/N=N/c1cc(-c2c(N)nc(N)nc2CC)ccc1Cl. The number of nitrogen functional groups attached to an aromatic ring is 2. The number of hydrogen-bond acceptors (Lipinski definition) is 7. The van der Waals surface area contributed by atoms with Gasteiger partial charge in [-0.25, -0.2) is 4.98 Å². The molecule has 0 aliphatic carbocycles. The van der Waals surface area contributed by atoms with Gasteiger partial charge in [0, 0.05) is 12.1 Å². The fourth-order valence-corrected chi connectivity index (χ4v) is 2.70. The Kier molecular flexibility index (Phi) is 7.11. The normalized spacial score (nSPS) is 11.2. The third kappa shape index (κ3) is 4.80. The minimum atomic E-state index is 0.00591. The first kappa shape index (κ1) is 19.9. The molecule has 0 atom stereocenters. The van der Waals surface area contributed by atoms with Gasteiger partial charge in [-0.3, -0.25) is 5.01 Å². The van der Waals surface area contributed by atoms with Crippen molar-refractivity contribution in [3.05, 3.63) is 28.9 Å². The maximum Gasteiger partial charge on any atom is 0.222 e. The monoisotopic (exact) mass is 377 g/mol. The highest BCUT2D eigenvalue weighted by molar-refractivity contribution is 6.33. The van der Waals surface area contributed by atoms with Crippen molar-refractivity contribution in [3.8, 4) is 11.1 Å². The summed E-state index contributed by atoms with van der Waals surface area (Å²) >= 11 is 6.26. The molecule has 0 bridgehead atoms. The topological polar surface area (TPSA) is 126 Å². The van der Waals surface area contributed by atoms with Crippen LogP contribution in [0.4, 0.5) is 17.5 Å². The van der Waals surface area contributed by atoms with Gasteiger partial charge in [0.05, 0.1) is 23.9 Å². The van der Waals surface area contributed by atoms with Gasteiger partial charge in [-0.05, 0) is 30.5 Å². The van der Waals surface area contributed by atoms with Crippen LogP contribution in [-0.4, -0.2) is 39.8 Å². The van der Waals surface area contributed by atoms with E-state index in [0.717, 1.165) is 23.2 Å². The molecule has 9 heteroatoms. The summed E-state index contributed by atoms with van der Waals surface area (Å²) in [5.41, 5.74) is 14.5. The van der Waals surface area contributed by atoms with Gasteiger partial charge in [-0.1, -0.05) is 36.7 Å². The lowest BCUT2D eigenvalue weighted by atomic mass is 10.0.